The third-order valence-corrected chi connectivity index (χ3v) is 7.11. The Kier molecular flexibility index (Phi) is 6.46. The van der Waals surface area contributed by atoms with Crippen molar-refractivity contribution in [3.05, 3.63) is 48.7 Å². The quantitative estimate of drug-likeness (QED) is 0.292. The standard InChI is InChI=1S/C29H32FN9O/c1-29(2,3)14-23(40)33-19-11-18(15-31-16-19)17-12-20-24(21(30)13-17)36-37-25(20)28-34-26-22(5-6-32-27(26)35-28)39-9-7-38(4)8-10-39/h5-6,11-13,15-16H,7-10,14H2,1-4H3,(H,33,40)(H,36,37)(H,32,34,35). The summed E-state index contributed by atoms with van der Waals surface area (Å²) >= 11 is 0. The number of imidazole rings is 1. The van der Waals surface area contributed by atoms with Crippen LogP contribution in [0.15, 0.2) is 42.9 Å². The molecular weight excluding hydrogens is 509 g/mol. The maximum Gasteiger partial charge on any atom is 0.224 e. The fraction of sp³-hybridized carbons (Fsp3) is 0.345. The van der Waals surface area contributed by atoms with E-state index in [9.17, 15) is 4.79 Å². The van der Waals surface area contributed by atoms with Crippen LogP contribution in [0.4, 0.5) is 15.8 Å². The maximum absolute atomic E-state index is 15.3. The number of aromatic amines is 2. The Balaban J connectivity index is 1.36. The molecule has 0 saturated carbocycles. The topological polar surface area (TPSA) is 119 Å². The molecule has 5 aromatic rings. The number of halogens is 1. The predicted octanol–water partition coefficient (Wildman–Crippen LogP) is 4.83. The molecule has 0 atom stereocenters. The van der Waals surface area contributed by atoms with E-state index in [1.165, 1.54) is 6.07 Å². The Morgan fingerprint density at radius 2 is 1.90 bits per heavy atom. The van der Waals surface area contributed by atoms with E-state index < -0.39 is 5.82 Å². The lowest BCUT2D eigenvalue weighted by Crippen LogP contribution is -2.44. The van der Waals surface area contributed by atoms with Gasteiger partial charge in [0, 0.05) is 55.9 Å². The van der Waals surface area contributed by atoms with Gasteiger partial charge in [-0.25, -0.2) is 14.4 Å². The average Bonchev–Trinajstić information content (AvgIpc) is 3.52. The number of H-pyrrole nitrogens is 2. The van der Waals surface area contributed by atoms with E-state index >= 15 is 4.39 Å². The average molecular weight is 542 g/mol. The molecule has 1 aliphatic rings. The van der Waals surface area contributed by atoms with Crippen LogP contribution in [-0.4, -0.2) is 74.2 Å². The van der Waals surface area contributed by atoms with Crippen LogP contribution in [0.5, 0.6) is 0 Å². The first-order valence-corrected chi connectivity index (χ1v) is 13.4. The number of anilines is 2. The number of hydrogen-bond acceptors (Lipinski definition) is 7. The van der Waals surface area contributed by atoms with Gasteiger partial charge in [0.1, 0.15) is 16.7 Å². The van der Waals surface area contributed by atoms with E-state index in [1.54, 1.807) is 24.7 Å². The molecule has 0 aliphatic carbocycles. The highest BCUT2D eigenvalue weighted by Gasteiger charge is 2.21. The number of carbonyl (C=O) groups excluding carboxylic acids is 1. The van der Waals surface area contributed by atoms with Crippen molar-refractivity contribution < 1.29 is 9.18 Å². The Morgan fingerprint density at radius 1 is 1.10 bits per heavy atom. The molecular formula is C29H32FN9O. The Labute approximate surface area is 231 Å². The van der Waals surface area contributed by atoms with Crippen LogP contribution in [-0.2, 0) is 4.79 Å². The van der Waals surface area contributed by atoms with Crippen LogP contribution >= 0.6 is 0 Å². The summed E-state index contributed by atoms with van der Waals surface area (Å²) in [6, 6.07) is 7.08. The van der Waals surface area contributed by atoms with Crippen molar-refractivity contribution in [2.75, 3.05) is 43.4 Å². The fourth-order valence-corrected chi connectivity index (χ4v) is 5.10. The molecule has 6 rings (SSSR count). The van der Waals surface area contributed by atoms with Crippen molar-refractivity contribution in [3.63, 3.8) is 0 Å². The second-order valence-corrected chi connectivity index (χ2v) is 11.6. The van der Waals surface area contributed by atoms with Gasteiger partial charge in [-0.3, -0.25) is 14.9 Å². The maximum atomic E-state index is 15.3. The molecule has 206 valence electrons. The smallest absolute Gasteiger partial charge is 0.224 e. The summed E-state index contributed by atoms with van der Waals surface area (Å²) in [5.41, 5.74) is 4.96. The molecule has 1 aromatic carbocycles. The minimum atomic E-state index is -0.468. The van der Waals surface area contributed by atoms with Gasteiger partial charge < -0.3 is 20.1 Å². The van der Waals surface area contributed by atoms with Crippen molar-refractivity contribution in [2.45, 2.75) is 27.2 Å². The van der Waals surface area contributed by atoms with Gasteiger partial charge in [-0.15, -0.1) is 0 Å². The predicted molar refractivity (Wildman–Crippen MR) is 155 cm³/mol. The Morgan fingerprint density at radius 3 is 2.67 bits per heavy atom. The van der Waals surface area contributed by atoms with Crippen LogP contribution in [0, 0.1) is 11.2 Å². The molecule has 0 radical (unpaired) electrons. The summed E-state index contributed by atoms with van der Waals surface area (Å²) in [6.45, 7) is 9.81. The number of hydrogen-bond donors (Lipinski definition) is 3. The van der Waals surface area contributed by atoms with Gasteiger partial charge >= 0.3 is 0 Å². The van der Waals surface area contributed by atoms with Gasteiger partial charge in [0.2, 0.25) is 5.91 Å². The third kappa shape index (κ3) is 5.12. The van der Waals surface area contributed by atoms with E-state index in [-0.39, 0.29) is 16.8 Å². The van der Waals surface area contributed by atoms with Crippen LogP contribution in [0.1, 0.15) is 27.2 Å². The van der Waals surface area contributed by atoms with Gasteiger partial charge in [-0.05, 0) is 42.3 Å². The lowest BCUT2D eigenvalue weighted by molar-refractivity contribution is -0.117. The number of pyridine rings is 2. The van der Waals surface area contributed by atoms with E-state index in [4.69, 9.17) is 4.98 Å². The van der Waals surface area contributed by atoms with Gasteiger partial charge in [0.05, 0.1) is 17.6 Å². The zero-order chi connectivity index (χ0) is 28.0. The van der Waals surface area contributed by atoms with Crippen molar-refractivity contribution in [2.24, 2.45) is 5.41 Å². The Hall–Kier alpha value is -4.38. The lowest BCUT2D eigenvalue weighted by Gasteiger charge is -2.34. The van der Waals surface area contributed by atoms with E-state index in [0.29, 0.717) is 45.8 Å². The van der Waals surface area contributed by atoms with Gasteiger partial charge in [-0.1, -0.05) is 20.8 Å². The summed E-state index contributed by atoms with van der Waals surface area (Å²) in [5.74, 6) is -0.0337. The number of amides is 1. The van der Waals surface area contributed by atoms with Gasteiger partial charge in [0.15, 0.2) is 17.3 Å². The van der Waals surface area contributed by atoms with E-state index in [2.05, 4.69) is 47.3 Å². The second-order valence-electron chi connectivity index (χ2n) is 11.6. The van der Waals surface area contributed by atoms with Crippen LogP contribution in [0.25, 0.3) is 44.7 Å². The summed E-state index contributed by atoms with van der Waals surface area (Å²) in [5, 5.41) is 10.7. The highest BCUT2D eigenvalue weighted by atomic mass is 19.1. The molecule has 40 heavy (non-hydrogen) atoms. The molecule has 1 fully saturated rings. The number of benzene rings is 1. The zero-order valence-corrected chi connectivity index (χ0v) is 23.0. The molecule has 1 saturated heterocycles. The lowest BCUT2D eigenvalue weighted by atomic mass is 9.92. The number of carbonyl (C=O) groups is 1. The van der Waals surface area contributed by atoms with Crippen LogP contribution in [0.2, 0.25) is 0 Å². The minimum Gasteiger partial charge on any atom is -0.367 e. The highest BCUT2D eigenvalue weighted by Crippen LogP contribution is 2.34. The van der Waals surface area contributed by atoms with Crippen molar-refractivity contribution in [1.29, 1.82) is 0 Å². The monoisotopic (exact) mass is 541 g/mol. The zero-order valence-electron chi connectivity index (χ0n) is 23.0. The van der Waals surface area contributed by atoms with E-state index in [1.807, 2.05) is 32.9 Å². The molecule has 0 spiro atoms. The molecule has 11 heteroatoms. The van der Waals surface area contributed by atoms with Crippen molar-refractivity contribution in [3.8, 4) is 22.6 Å². The summed E-state index contributed by atoms with van der Waals surface area (Å²) < 4.78 is 15.3. The van der Waals surface area contributed by atoms with Gasteiger partial charge in [0.25, 0.3) is 0 Å². The van der Waals surface area contributed by atoms with Crippen molar-refractivity contribution in [1.82, 2.24) is 35.0 Å². The third-order valence-electron chi connectivity index (χ3n) is 7.11. The first-order chi connectivity index (χ1) is 19.1. The minimum absolute atomic E-state index is 0.0976. The summed E-state index contributed by atoms with van der Waals surface area (Å²) in [7, 11) is 2.12. The fourth-order valence-electron chi connectivity index (χ4n) is 5.10. The molecule has 1 amide bonds. The number of piperazine rings is 1. The number of fused-ring (bicyclic) bond motifs is 2. The number of nitrogens with one attached hydrogen (secondary N) is 3. The molecule has 1 aliphatic heterocycles. The molecule has 0 bridgehead atoms. The van der Waals surface area contributed by atoms with Crippen LogP contribution in [0.3, 0.4) is 0 Å². The molecule has 3 N–H and O–H groups in total. The van der Waals surface area contributed by atoms with Crippen LogP contribution < -0.4 is 10.2 Å². The first-order valence-electron chi connectivity index (χ1n) is 13.4. The number of rotatable bonds is 5. The molecule has 0 unspecified atom stereocenters. The van der Waals surface area contributed by atoms with E-state index in [0.717, 1.165) is 37.4 Å². The normalized spacial score (nSPS) is 14.8. The summed E-state index contributed by atoms with van der Waals surface area (Å²) in [4.78, 5) is 34.0. The number of aromatic nitrogens is 6. The van der Waals surface area contributed by atoms with Crippen molar-refractivity contribution >= 4 is 39.3 Å². The first kappa shape index (κ1) is 25.9. The second kappa shape index (κ2) is 9.98. The number of likely N-dealkylation sites (N-methyl/N-ethyl adjacent to an activating group) is 1. The Bertz CT molecular complexity index is 1710. The SMILES string of the molecule is CN1CCN(c2ccnc3nc(-c4[nH]nc5c(F)cc(-c6cncc(NC(=O)CC(C)(C)C)c6)cc45)[nH]c23)CC1. The molecule has 5 heterocycles. The van der Waals surface area contributed by atoms with Gasteiger partial charge in [-0.2, -0.15) is 5.10 Å². The summed E-state index contributed by atoms with van der Waals surface area (Å²) in [6.07, 6.45) is 5.37. The number of nitrogens with zero attached hydrogens (tertiary/aromatic N) is 6. The largest absolute Gasteiger partial charge is 0.367 e. The highest BCUT2D eigenvalue weighted by molar-refractivity contribution is 5.97. The molecule has 4 aromatic heterocycles. The molecule has 10 nitrogen and oxygen atoms in total.